The van der Waals surface area contributed by atoms with Crippen molar-refractivity contribution in [2.75, 3.05) is 0 Å². The zero-order valence-corrected chi connectivity index (χ0v) is 8.93. The number of hydrogen-bond acceptors (Lipinski definition) is 3. The van der Waals surface area contributed by atoms with Gasteiger partial charge in [0.1, 0.15) is 0 Å². The lowest BCUT2D eigenvalue weighted by Gasteiger charge is -2.06. The summed E-state index contributed by atoms with van der Waals surface area (Å²) < 4.78 is 1.48. The molecule has 5 heteroatoms. The fourth-order valence-corrected chi connectivity index (χ4v) is 1.72. The summed E-state index contributed by atoms with van der Waals surface area (Å²) in [5.41, 5.74) is 1.38. The molecule has 0 N–H and O–H groups in total. The number of rotatable bonds is 1. The van der Waals surface area contributed by atoms with Gasteiger partial charge >= 0.3 is 0 Å². The third-order valence-corrected chi connectivity index (χ3v) is 2.65. The van der Waals surface area contributed by atoms with Gasteiger partial charge in [-0.1, -0.05) is 0 Å². The van der Waals surface area contributed by atoms with Gasteiger partial charge in [-0.15, -0.1) is 0 Å². The smallest absolute Gasteiger partial charge is 0.270 e. The van der Waals surface area contributed by atoms with Crippen molar-refractivity contribution >= 4 is 16.6 Å². The number of benzene rings is 1. The molecule has 82 valence electrons. The first-order valence-corrected chi connectivity index (χ1v) is 4.75. The van der Waals surface area contributed by atoms with Crippen molar-refractivity contribution in [3.05, 3.63) is 50.3 Å². The Hall–Kier alpha value is -2.17. The molecule has 2 rings (SSSR count). The van der Waals surface area contributed by atoms with E-state index in [1.165, 1.54) is 22.8 Å². The summed E-state index contributed by atoms with van der Waals surface area (Å²) in [4.78, 5) is 21.7. The zero-order valence-electron chi connectivity index (χ0n) is 8.93. The molecule has 0 spiro atoms. The maximum absolute atomic E-state index is 11.5. The summed E-state index contributed by atoms with van der Waals surface area (Å²) in [6, 6.07) is 5.97. The summed E-state index contributed by atoms with van der Waals surface area (Å²) in [5.74, 6) is 0. The molecule has 0 atom stereocenters. The van der Waals surface area contributed by atoms with E-state index in [4.69, 9.17) is 0 Å². The summed E-state index contributed by atoms with van der Waals surface area (Å²) >= 11 is 0. The lowest BCUT2D eigenvalue weighted by molar-refractivity contribution is -0.384. The van der Waals surface area contributed by atoms with Gasteiger partial charge in [0.05, 0.1) is 10.4 Å². The number of aryl methyl sites for hydroxylation is 2. The molecule has 0 saturated heterocycles. The largest absolute Gasteiger partial charge is 0.311 e. The molecule has 0 saturated carbocycles. The second-order valence-corrected chi connectivity index (χ2v) is 3.68. The zero-order chi connectivity index (χ0) is 11.9. The molecule has 0 unspecified atom stereocenters. The highest BCUT2D eigenvalue weighted by Gasteiger charge is 2.09. The number of aromatic nitrogens is 1. The van der Waals surface area contributed by atoms with Crippen LogP contribution in [0.2, 0.25) is 0 Å². The molecule has 1 aromatic carbocycles. The van der Waals surface area contributed by atoms with E-state index in [9.17, 15) is 14.9 Å². The summed E-state index contributed by atoms with van der Waals surface area (Å²) in [7, 11) is 1.65. The number of hydrogen-bond donors (Lipinski definition) is 0. The maximum atomic E-state index is 11.5. The summed E-state index contributed by atoms with van der Waals surface area (Å²) in [5, 5.41) is 11.4. The van der Waals surface area contributed by atoms with Crippen molar-refractivity contribution < 1.29 is 4.92 Å². The van der Waals surface area contributed by atoms with Gasteiger partial charge in [0.25, 0.3) is 11.2 Å². The Bertz CT molecular complexity index is 643. The van der Waals surface area contributed by atoms with Crippen LogP contribution in [0, 0.1) is 17.0 Å². The van der Waals surface area contributed by atoms with Crippen molar-refractivity contribution in [3.63, 3.8) is 0 Å². The molecule has 0 aliphatic heterocycles. The van der Waals surface area contributed by atoms with E-state index >= 15 is 0 Å². The molecular formula is C11H10N2O3. The summed E-state index contributed by atoms with van der Waals surface area (Å²) in [6.07, 6.45) is 0. The van der Waals surface area contributed by atoms with Gasteiger partial charge in [0.15, 0.2) is 0 Å². The number of nitro benzene ring substituents is 1. The molecular weight excluding hydrogens is 208 g/mol. The fourth-order valence-electron chi connectivity index (χ4n) is 1.72. The molecule has 0 amide bonds. The van der Waals surface area contributed by atoms with Gasteiger partial charge < -0.3 is 4.57 Å². The number of non-ortho nitro benzene ring substituents is 1. The van der Waals surface area contributed by atoms with E-state index in [0.29, 0.717) is 5.52 Å². The Balaban J connectivity index is 2.90. The van der Waals surface area contributed by atoms with Gasteiger partial charge in [-0.25, -0.2) is 0 Å². The van der Waals surface area contributed by atoms with E-state index in [1.54, 1.807) is 20.0 Å². The van der Waals surface area contributed by atoms with Crippen LogP contribution in [-0.2, 0) is 7.05 Å². The van der Waals surface area contributed by atoms with Crippen molar-refractivity contribution in [2.45, 2.75) is 6.92 Å². The van der Waals surface area contributed by atoms with Crippen LogP contribution in [0.1, 0.15) is 5.56 Å². The third kappa shape index (κ3) is 1.46. The van der Waals surface area contributed by atoms with E-state index in [-0.39, 0.29) is 11.2 Å². The normalized spacial score (nSPS) is 10.6. The van der Waals surface area contributed by atoms with E-state index in [2.05, 4.69) is 0 Å². The minimum absolute atomic E-state index is 0.0363. The Morgan fingerprint density at radius 1 is 1.31 bits per heavy atom. The van der Waals surface area contributed by atoms with Crippen molar-refractivity contribution in [3.8, 4) is 0 Å². The van der Waals surface area contributed by atoms with Crippen molar-refractivity contribution in [1.82, 2.24) is 4.57 Å². The van der Waals surface area contributed by atoms with Crippen LogP contribution in [0.3, 0.4) is 0 Å². The number of pyridine rings is 1. The van der Waals surface area contributed by atoms with Gasteiger partial charge in [0, 0.05) is 30.6 Å². The van der Waals surface area contributed by atoms with Gasteiger partial charge in [-0.2, -0.15) is 0 Å². The predicted octanol–water partition coefficient (Wildman–Crippen LogP) is 1.76. The average Bonchev–Trinajstić information content (AvgIpc) is 2.25. The first-order chi connectivity index (χ1) is 7.50. The van der Waals surface area contributed by atoms with Crippen LogP contribution >= 0.6 is 0 Å². The molecule has 1 heterocycles. The molecule has 16 heavy (non-hydrogen) atoms. The summed E-state index contributed by atoms with van der Waals surface area (Å²) in [6.45, 7) is 1.77. The first kappa shape index (κ1) is 10.4. The van der Waals surface area contributed by atoms with E-state index in [0.717, 1.165) is 10.9 Å². The van der Waals surface area contributed by atoms with Crippen LogP contribution < -0.4 is 5.56 Å². The quantitative estimate of drug-likeness (QED) is 0.541. The van der Waals surface area contributed by atoms with Crippen LogP contribution in [0.5, 0.6) is 0 Å². The molecule has 0 radical (unpaired) electrons. The number of fused-ring (bicyclic) bond motifs is 1. The molecule has 1 aromatic heterocycles. The minimum Gasteiger partial charge on any atom is -0.311 e. The predicted molar refractivity (Wildman–Crippen MR) is 60.6 cm³/mol. The molecule has 0 aliphatic carbocycles. The standard InChI is InChI=1S/C11H10N2O3/c1-7-5-11(14)12(2)10-4-3-8(13(15)16)6-9(7)10/h3-6H,1-2H3. The SMILES string of the molecule is Cc1cc(=O)n(C)c2ccc([N+](=O)[O-])cc12. The van der Waals surface area contributed by atoms with Crippen LogP contribution in [0.15, 0.2) is 29.1 Å². The highest BCUT2D eigenvalue weighted by molar-refractivity contribution is 5.84. The lowest BCUT2D eigenvalue weighted by Crippen LogP contribution is -2.16. The lowest BCUT2D eigenvalue weighted by atomic mass is 10.1. The van der Waals surface area contributed by atoms with Gasteiger partial charge in [-0.3, -0.25) is 14.9 Å². The first-order valence-electron chi connectivity index (χ1n) is 4.75. The topological polar surface area (TPSA) is 65.1 Å². The Kier molecular flexibility index (Phi) is 2.23. The van der Waals surface area contributed by atoms with Crippen molar-refractivity contribution in [2.24, 2.45) is 7.05 Å². The molecule has 0 bridgehead atoms. The van der Waals surface area contributed by atoms with E-state index < -0.39 is 4.92 Å². The van der Waals surface area contributed by atoms with E-state index in [1.807, 2.05) is 0 Å². The van der Waals surface area contributed by atoms with Crippen LogP contribution in [0.25, 0.3) is 10.9 Å². The Labute approximate surface area is 91.1 Å². The van der Waals surface area contributed by atoms with Gasteiger partial charge in [0.2, 0.25) is 0 Å². The van der Waals surface area contributed by atoms with Crippen LogP contribution in [0.4, 0.5) is 5.69 Å². The maximum Gasteiger partial charge on any atom is 0.270 e. The monoisotopic (exact) mass is 218 g/mol. The van der Waals surface area contributed by atoms with Gasteiger partial charge in [-0.05, 0) is 18.6 Å². The van der Waals surface area contributed by atoms with Crippen molar-refractivity contribution in [1.29, 1.82) is 0 Å². The van der Waals surface area contributed by atoms with Crippen LogP contribution in [-0.4, -0.2) is 9.49 Å². The highest BCUT2D eigenvalue weighted by atomic mass is 16.6. The number of nitro groups is 1. The third-order valence-electron chi connectivity index (χ3n) is 2.65. The molecule has 5 nitrogen and oxygen atoms in total. The second kappa shape index (κ2) is 3.44. The molecule has 0 fully saturated rings. The second-order valence-electron chi connectivity index (χ2n) is 3.68. The Morgan fingerprint density at radius 3 is 2.62 bits per heavy atom. The fraction of sp³-hybridized carbons (Fsp3) is 0.182. The Morgan fingerprint density at radius 2 is 2.00 bits per heavy atom. The number of nitrogens with zero attached hydrogens (tertiary/aromatic N) is 2. The highest BCUT2D eigenvalue weighted by Crippen LogP contribution is 2.21. The molecule has 0 aliphatic rings. The molecule has 2 aromatic rings. The average molecular weight is 218 g/mol. The minimum atomic E-state index is -0.440.